The van der Waals surface area contributed by atoms with Gasteiger partial charge in [-0.1, -0.05) is 24.6 Å². The molecule has 6 heteroatoms. The van der Waals surface area contributed by atoms with Gasteiger partial charge in [0.05, 0.1) is 6.54 Å². The van der Waals surface area contributed by atoms with E-state index < -0.39 is 0 Å². The molecular weight excluding hydrogens is 439 g/mol. The van der Waals surface area contributed by atoms with E-state index in [0.717, 1.165) is 31.2 Å². The van der Waals surface area contributed by atoms with Gasteiger partial charge in [0.1, 0.15) is 11.9 Å². The van der Waals surface area contributed by atoms with Gasteiger partial charge in [-0.15, -0.1) is 24.0 Å². The Morgan fingerprint density at radius 1 is 1.19 bits per heavy atom. The first-order valence-electron chi connectivity index (χ1n) is 9.52. The van der Waals surface area contributed by atoms with Crippen molar-refractivity contribution in [1.82, 2.24) is 15.5 Å². The van der Waals surface area contributed by atoms with Crippen LogP contribution in [0.5, 0.6) is 5.75 Å². The predicted molar refractivity (Wildman–Crippen MR) is 119 cm³/mol. The van der Waals surface area contributed by atoms with Crippen molar-refractivity contribution >= 4 is 29.9 Å². The molecule has 0 aliphatic carbocycles. The van der Waals surface area contributed by atoms with Crippen molar-refractivity contribution in [2.45, 2.75) is 51.2 Å². The summed E-state index contributed by atoms with van der Waals surface area (Å²) in [5.74, 6) is 1.87. The number of nitrogens with zero attached hydrogens (tertiary/aromatic N) is 2. The number of ether oxygens (including phenoxy) is 1. The molecule has 1 unspecified atom stereocenters. The predicted octanol–water partition coefficient (Wildman–Crippen LogP) is 3.04. The number of nitrogens with one attached hydrogen (secondary N) is 2. The Balaban J connectivity index is 0.00000243. The third-order valence-corrected chi connectivity index (χ3v) is 5.34. The summed E-state index contributed by atoms with van der Waals surface area (Å²) in [5, 5.41) is 6.91. The zero-order valence-electron chi connectivity index (χ0n) is 16.3. The molecule has 0 amide bonds. The van der Waals surface area contributed by atoms with E-state index in [9.17, 15) is 0 Å². The summed E-state index contributed by atoms with van der Waals surface area (Å²) in [6, 6.07) is 8.28. The van der Waals surface area contributed by atoms with E-state index >= 15 is 0 Å². The van der Waals surface area contributed by atoms with Gasteiger partial charge in [0.25, 0.3) is 0 Å². The fraction of sp³-hybridized carbons (Fsp3) is 0.650. The number of likely N-dealkylation sites (tertiary alicyclic amines) is 1. The van der Waals surface area contributed by atoms with E-state index in [4.69, 9.17) is 4.74 Å². The number of hydrogen-bond acceptors (Lipinski definition) is 3. The van der Waals surface area contributed by atoms with Crippen LogP contribution in [0, 0.1) is 0 Å². The minimum absolute atomic E-state index is 0. The van der Waals surface area contributed by atoms with E-state index in [1.807, 2.05) is 19.2 Å². The number of aliphatic imine (C=N–C) groups is 1. The molecule has 1 atom stereocenters. The topological polar surface area (TPSA) is 48.9 Å². The molecule has 5 nitrogen and oxygen atoms in total. The zero-order chi connectivity index (χ0) is 17.7. The normalized spacial score (nSPS) is 20.7. The minimum atomic E-state index is 0. The van der Waals surface area contributed by atoms with Gasteiger partial charge in [0, 0.05) is 25.6 Å². The molecule has 1 aromatic carbocycles. The number of halogens is 1. The second-order valence-corrected chi connectivity index (χ2v) is 7.72. The summed E-state index contributed by atoms with van der Waals surface area (Å²) in [6.07, 6.45) is 5.13. The van der Waals surface area contributed by atoms with Gasteiger partial charge in [-0.3, -0.25) is 9.89 Å². The number of para-hydroxylation sites is 1. The number of guanidine groups is 1. The van der Waals surface area contributed by atoms with E-state index in [1.54, 1.807) is 0 Å². The van der Waals surface area contributed by atoms with Gasteiger partial charge in [-0.25, -0.2) is 0 Å². The van der Waals surface area contributed by atoms with Gasteiger partial charge in [-0.2, -0.15) is 0 Å². The van der Waals surface area contributed by atoms with Crippen LogP contribution >= 0.6 is 24.0 Å². The number of piperidine rings is 1. The molecule has 2 aliphatic rings. The fourth-order valence-electron chi connectivity index (χ4n) is 3.71. The molecule has 0 saturated carbocycles. The van der Waals surface area contributed by atoms with E-state index in [0.29, 0.717) is 0 Å². The van der Waals surface area contributed by atoms with Crippen LogP contribution in [-0.2, 0) is 6.42 Å². The molecule has 0 spiro atoms. The molecular formula is C20H33IN4O. The Bertz CT molecular complexity index is 574. The number of benzene rings is 1. The van der Waals surface area contributed by atoms with Crippen LogP contribution in [0.1, 0.15) is 38.7 Å². The highest BCUT2D eigenvalue weighted by atomic mass is 127. The van der Waals surface area contributed by atoms with Crippen LogP contribution in [-0.4, -0.2) is 55.7 Å². The second-order valence-electron chi connectivity index (χ2n) is 7.72. The van der Waals surface area contributed by atoms with Gasteiger partial charge in [-0.05, 0) is 51.4 Å². The van der Waals surface area contributed by atoms with Crippen LogP contribution in [0.25, 0.3) is 0 Å². The van der Waals surface area contributed by atoms with Crippen molar-refractivity contribution in [2.24, 2.45) is 4.99 Å². The highest BCUT2D eigenvalue weighted by molar-refractivity contribution is 14.0. The first kappa shape index (κ1) is 21.3. The largest absolute Gasteiger partial charge is 0.488 e. The molecule has 26 heavy (non-hydrogen) atoms. The first-order valence-corrected chi connectivity index (χ1v) is 9.52. The lowest BCUT2D eigenvalue weighted by Crippen LogP contribution is -2.55. The zero-order valence-corrected chi connectivity index (χ0v) is 18.6. The Morgan fingerprint density at radius 2 is 1.92 bits per heavy atom. The lowest BCUT2D eigenvalue weighted by Gasteiger charge is -2.41. The third kappa shape index (κ3) is 5.49. The van der Waals surface area contributed by atoms with Crippen LogP contribution in [0.3, 0.4) is 0 Å². The average Bonchev–Trinajstić information content (AvgIpc) is 3.05. The summed E-state index contributed by atoms with van der Waals surface area (Å²) in [6.45, 7) is 8.69. The summed E-state index contributed by atoms with van der Waals surface area (Å²) < 4.78 is 5.99. The van der Waals surface area contributed by atoms with Crippen LogP contribution in [0.2, 0.25) is 0 Å². The molecule has 2 aliphatic heterocycles. The second kappa shape index (κ2) is 9.78. The van der Waals surface area contributed by atoms with Crippen molar-refractivity contribution in [3.8, 4) is 5.75 Å². The molecule has 3 rings (SSSR count). The van der Waals surface area contributed by atoms with Crippen LogP contribution in [0.4, 0.5) is 0 Å². The number of rotatable bonds is 5. The smallest absolute Gasteiger partial charge is 0.191 e. The van der Waals surface area contributed by atoms with Crippen LogP contribution in [0.15, 0.2) is 29.3 Å². The van der Waals surface area contributed by atoms with Crippen molar-refractivity contribution in [2.75, 3.05) is 33.2 Å². The molecule has 2 N–H and O–H groups in total. The minimum Gasteiger partial charge on any atom is -0.488 e. The number of hydrogen-bond donors (Lipinski definition) is 2. The maximum Gasteiger partial charge on any atom is 0.191 e. The Kier molecular flexibility index (Phi) is 8.01. The Morgan fingerprint density at radius 3 is 2.62 bits per heavy atom. The van der Waals surface area contributed by atoms with E-state index in [2.05, 4.69) is 46.5 Å². The third-order valence-electron chi connectivity index (χ3n) is 5.34. The summed E-state index contributed by atoms with van der Waals surface area (Å²) in [4.78, 5) is 6.96. The molecule has 0 bridgehead atoms. The Labute approximate surface area is 175 Å². The molecule has 146 valence electrons. The molecule has 2 heterocycles. The monoisotopic (exact) mass is 472 g/mol. The maximum atomic E-state index is 5.99. The molecule has 1 fully saturated rings. The van der Waals surface area contributed by atoms with E-state index in [1.165, 1.54) is 37.9 Å². The van der Waals surface area contributed by atoms with Gasteiger partial charge >= 0.3 is 0 Å². The van der Waals surface area contributed by atoms with Gasteiger partial charge in [0.15, 0.2) is 5.96 Å². The Hall–Kier alpha value is -1.02. The number of fused-ring (bicyclic) bond motifs is 1. The average molecular weight is 472 g/mol. The van der Waals surface area contributed by atoms with Gasteiger partial charge in [0.2, 0.25) is 0 Å². The summed E-state index contributed by atoms with van der Waals surface area (Å²) in [5.41, 5.74) is 1.43. The molecule has 0 radical (unpaired) electrons. The lowest BCUT2D eigenvalue weighted by atomic mass is 9.98. The van der Waals surface area contributed by atoms with Crippen molar-refractivity contribution in [3.05, 3.63) is 29.8 Å². The SMILES string of the molecule is CN=C(NCC1Cc2ccccc2O1)NCC(C)(C)N1CCCCC1.I. The van der Waals surface area contributed by atoms with Crippen molar-refractivity contribution in [3.63, 3.8) is 0 Å². The first-order chi connectivity index (χ1) is 12.1. The highest BCUT2D eigenvalue weighted by Gasteiger charge is 2.28. The highest BCUT2D eigenvalue weighted by Crippen LogP contribution is 2.27. The fourth-order valence-corrected chi connectivity index (χ4v) is 3.71. The standard InChI is InChI=1S/C20H32N4O.HI/c1-20(2,24-11-7-4-8-12-24)15-23-19(21-3)22-14-17-13-16-9-5-6-10-18(16)25-17;/h5-6,9-10,17H,4,7-8,11-15H2,1-3H3,(H2,21,22,23);1H. The molecule has 1 aromatic rings. The molecule has 1 saturated heterocycles. The molecule has 0 aromatic heterocycles. The summed E-state index contributed by atoms with van der Waals surface area (Å²) >= 11 is 0. The van der Waals surface area contributed by atoms with Crippen molar-refractivity contribution < 1.29 is 4.74 Å². The van der Waals surface area contributed by atoms with E-state index in [-0.39, 0.29) is 35.6 Å². The quantitative estimate of drug-likeness (QED) is 0.393. The van der Waals surface area contributed by atoms with Crippen LogP contribution < -0.4 is 15.4 Å². The van der Waals surface area contributed by atoms with Crippen molar-refractivity contribution in [1.29, 1.82) is 0 Å². The lowest BCUT2D eigenvalue weighted by molar-refractivity contribution is 0.0982. The summed E-state index contributed by atoms with van der Waals surface area (Å²) in [7, 11) is 1.83. The maximum absolute atomic E-state index is 5.99. The van der Waals surface area contributed by atoms with Gasteiger partial charge < -0.3 is 15.4 Å².